The lowest BCUT2D eigenvalue weighted by Crippen LogP contribution is -2.11. The Hall–Kier alpha value is -2.75. The zero-order chi connectivity index (χ0) is 17.5. The third-order valence-corrected chi connectivity index (χ3v) is 4.22. The van der Waals surface area contributed by atoms with Crippen LogP contribution >= 0.6 is 0 Å². The number of aromatic carboxylic acids is 1. The van der Waals surface area contributed by atoms with Gasteiger partial charge in [-0.3, -0.25) is 0 Å². The SMILES string of the molecule is COc1ccc(-c2c(C(=O)O)[nH]c3cccc(C(C)(C)C)c23)cc1. The minimum absolute atomic E-state index is 0.0985. The Morgan fingerprint density at radius 1 is 1.08 bits per heavy atom. The van der Waals surface area contributed by atoms with E-state index in [1.54, 1.807) is 7.11 Å². The number of fused-ring (bicyclic) bond motifs is 1. The third kappa shape index (κ3) is 2.64. The van der Waals surface area contributed by atoms with Crippen molar-refractivity contribution < 1.29 is 14.6 Å². The molecule has 0 aliphatic carbocycles. The summed E-state index contributed by atoms with van der Waals surface area (Å²) in [5, 5.41) is 10.6. The monoisotopic (exact) mass is 323 g/mol. The first kappa shape index (κ1) is 16.1. The number of ether oxygens (including phenoxy) is 1. The molecule has 24 heavy (non-hydrogen) atoms. The fraction of sp³-hybridized carbons (Fsp3) is 0.250. The minimum Gasteiger partial charge on any atom is -0.497 e. The van der Waals surface area contributed by atoms with Crippen LogP contribution in [0.2, 0.25) is 0 Å². The van der Waals surface area contributed by atoms with E-state index >= 15 is 0 Å². The Kier molecular flexibility index (Phi) is 3.84. The molecule has 2 aromatic carbocycles. The quantitative estimate of drug-likeness (QED) is 0.725. The van der Waals surface area contributed by atoms with E-state index in [-0.39, 0.29) is 11.1 Å². The molecule has 0 spiro atoms. The van der Waals surface area contributed by atoms with Crippen LogP contribution in [-0.4, -0.2) is 23.2 Å². The highest BCUT2D eigenvalue weighted by atomic mass is 16.5. The second kappa shape index (κ2) is 5.71. The number of carboxylic acid groups (broad SMARTS) is 1. The zero-order valence-electron chi connectivity index (χ0n) is 14.3. The summed E-state index contributed by atoms with van der Waals surface area (Å²) < 4.78 is 5.21. The molecule has 0 bridgehead atoms. The van der Waals surface area contributed by atoms with E-state index in [2.05, 4.69) is 31.8 Å². The van der Waals surface area contributed by atoms with Crippen LogP contribution in [0, 0.1) is 0 Å². The number of aromatic nitrogens is 1. The van der Waals surface area contributed by atoms with Crippen LogP contribution < -0.4 is 4.74 Å². The van der Waals surface area contributed by atoms with E-state index < -0.39 is 5.97 Å². The molecule has 1 aromatic heterocycles. The van der Waals surface area contributed by atoms with Gasteiger partial charge in [0.25, 0.3) is 0 Å². The van der Waals surface area contributed by atoms with Gasteiger partial charge >= 0.3 is 5.97 Å². The smallest absolute Gasteiger partial charge is 0.352 e. The number of nitrogens with one attached hydrogen (secondary N) is 1. The van der Waals surface area contributed by atoms with Gasteiger partial charge < -0.3 is 14.8 Å². The van der Waals surface area contributed by atoms with Crippen molar-refractivity contribution in [2.45, 2.75) is 26.2 Å². The second-order valence-electron chi connectivity index (χ2n) is 6.89. The molecule has 0 saturated heterocycles. The maximum Gasteiger partial charge on any atom is 0.352 e. The zero-order valence-corrected chi connectivity index (χ0v) is 14.3. The van der Waals surface area contributed by atoms with Gasteiger partial charge in [-0.05, 0) is 34.7 Å². The summed E-state index contributed by atoms with van der Waals surface area (Å²) in [5.41, 5.74) is 3.66. The van der Waals surface area contributed by atoms with Crippen molar-refractivity contribution in [3.63, 3.8) is 0 Å². The molecule has 1 heterocycles. The third-order valence-electron chi connectivity index (χ3n) is 4.22. The Balaban J connectivity index is 2.38. The largest absolute Gasteiger partial charge is 0.497 e. The summed E-state index contributed by atoms with van der Waals surface area (Å²) in [7, 11) is 1.61. The highest BCUT2D eigenvalue weighted by Gasteiger charge is 2.25. The molecule has 2 N–H and O–H groups in total. The number of aromatic amines is 1. The molecule has 0 unspecified atom stereocenters. The van der Waals surface area contributed by atoms with Gasteiger partial charge in [0.1, 0.15) is 11.4 Å². The molecule has 0 atom stereocenters. The Morgan fingerprint density at radius 3 is 2.29 bits per heavy atom. The van der Waals surface area contributed by atoms with Gasteiger partial charge in [-0.25, -0.2) is 4.79 Å². The van der Waals surface area contributed by atoms with Crippen LogP contribution in [-0.2, 0) is 5.41 Å². The molecule has 3 rings (SSSR count). The topological polar surface area (TPSA) is 62.3 Å². The van der Waals surface area contributed by atoms with E-state index in [1.807, 2.05) is 36.4 Å². The first-order chi connectivity index (χ1) is 11.3. The summed E-state index contributed by atoms with van der Waals surface area (Å²) >= 11 is 0. The molecule has 0 saturated carbocycles. The van der Waals surface area contributed by atoms with Crippen molar-refractivity contribution in [3.8, 4) is 16.9 Å². The Bertz CT molecular complexity index is 899. The lowest BCUT2D eigenvalue weighted by atomic mass is 9.83. The van der Waals surface area contributed by atoms with Gasteiger partial charge in [0.05, 0.1) is 7.11 Å². The van der Waals surface area contributed by atoms with E-state index in [0.717, 1.165) is 33.3 Å². The summed E-state index contributed by atoms with van der Waals surface area (Å²) in [6.07, 6.45) is 0. The van der Waals surface area contributed by atoms with Gasteiger partial charge in [0.15, 0.2) is 0 Å². The van der Waals surface area contributed by atoms with Crippen molar-refractivity contribution in [2.24, 2.45) is 0 Å². The van der Waals surface area contributed by atoms with Crippen LogP contribution in [0.5, 0.6) is 5.75 Å². The molecule has 0 aliphatic heterocycles. The maximum absolute atomic E-state index is 11.8. The molecule has 4 nitrogen and oxygen atoms in total. The Morgan fingerprint density at radius 2 is 1.75 bits per heavy atom. The fourth-order valence-corrected chi connectivity index (χ4v) is 3.08. The summed E-state index contributed by atoms with van der Waals surface area (Å²) in [6.45, 7) is 6.40. The predicted octanol–water partition coefficient (Wildman–Crippen LogP) is 4.84. The summed E-state index contributed by atoms with van der Waals surface area (Å²) in [5.74, 6) is -0.219. The normalized spacial score (nSPS) is 11.7. The molecule has 124 valence electrons. The van der Waals surface area contributed by atoms with Gasteiger partial charge in [0, 0.05) is 16.5 Å². The predicted molar refractivity (Wildman–Crippen MR) is 95.9 cm³/mol. The van der Waals surface area contributed by atoms with Crippen LogP contribution in [0.1, 0.15) is 36.8 Å². The lowest BCUT2D eigenvalue weighted by molar-refractivity contribution is 0.0692. The van der Waals surface area contributed by atoms with Gasteiger partial charge in [-0.1, -0.05) is 45.0 Å². The molecular weight excluding hydrogens is 302 g/mol. The van der Waals surface area contributed by atoms with E-state index in [4.69, 9.17) is 4.74 Å². The number of carboxylic acids is 1. The standard InChI is InChI=1S/C20H21NO3/c1-20(2,3)14-6-5-7-15-17(14)16(18(21-15)19(22)23)12-8-10-13(24-4)11-9-12/h5-11,21H,1-4H3,(H,22,23). The number of rotatable bonds is 3. The maximum atomic E-state index is 11.8. The number of H-pyrrole nitrogens is 1. The average molecular weight is 323 g/mol. The molecule has 4 heteroatoms. The van der Waals surface area contributed by atoms with Crippen LogP contribution in [0.15, 0.2) is 42.5 Å². The number of hydrogen-bond acceptors (Lipinski definition) is 2. The minimum atomic E-state index is -0.961. The molecular formula is C20H21NO3. The van der Waals surface area contributed by atoms with Crippen LogP contribution in [0.4, 0.5) is 0 Å². The van der Waals surface area contributed by atoms with Gasteiger partial charge in [-0.15, -0.1) is 0 Å². The van der Waals surface area contributed by atoms with Crippen molar-refractivity contribution >= 4 is 16.9 Å². The van der Waals surface area contributed by atoms with Crippen molar-refractivity contribution in [1.82, 2.24) is 4.98 Å². The molecule has 0 fully saturated rings. The molecule has 0 aliphatic rings. The van der Waals surface area contributed by atoms with Gasteiger partial charge in [-0.2, -0.15) is 0 Å². The first-order valence-electron chi connectivity index (χ1n) is 7.86. The van der Waals surface area contributed by atoms with Crippen molar-refractivity contribution in [3.05, 3.63) is 53.7 Å². The van der Waals surface area contributed by atoms with Crippen LogP contribution in [0.25, 0.3) is 22.0 Å². The number of carbonyl (C=O) groups is 1. The molecule has 0 radical (unpaired) electrons. The number of methoxy groups -OCH3 is 1. The van der Waals surface area contributed by atoms with Crippen LogP contribution in [0.3, 0.4) is 0 Å². The first-order valence-corrected chi connectivity index (χ1v) is 7.86. The average Bonchev–Trinajstić information content (AvgIpc) is 2.93. The van der Waals surface area contributed by atoms with E-state index in [1.165, 1.54) is 0 Å². The van der Waals surface area contributed by atoms with Crippen molar-refractivity contribution in [2.75, 3.05) is 7.11 Å². The lowest BCUT2D eigenvalue weighted by Gasteiger charge is -2.21. The van der Waals surface area contributed by atoms with Crippen molar-refractivity contribution in [1.29, 1.82) is 0 Å². The fourth-order valence-electron chi connectivity index (χ4n) is 3.08. The second-order valence-corrected chi connectivity index (χ2v) is 6.89. The summed E-state index contributed by atoms with van der Waals surface area (Å²) in [6, 6.07) is 13.4. The van der Waals surface area contributed by atoms with E-state index in [9.17, 15) is 9.90 Å². The highest BCUT2D eigenvalue weighted by molar-refractivity contribution is 6.09. The van der Waals surface area contributed by atoms with Gasteiger partial charge in [0.2, 0.25) is 0 Å². The number of benzene rings is 2. The number of hydrogen-bond donors (Lipinski definition) is 2. The molecule has 3 aromatic rings. The Labute approximate surface area is 141 Å². The van der Waals surface area contributed by atoms with E-state index in [0.29, 0.717) is 0 Å². The highest BCUT2D eigenvalue weighted by Crippen LogP contribution is 2.39. The summed E-state index contributed by atoms with van der Waals surface area (Å²) in [4.78, 5) is 14.9. The molecule has 0 amide bonds.